The average Bonchev–Trinajstić information content (AvgIpc) is 2.55. The minimum absolute atomic E-state index is 0.0356. The molecular formula is C19H30ClNO3. The van der Waals surface area contributed by atoms with E-state index in [2.05, 4.69) is 13.8 Å². The van der Waals surface area contributed by atoms with Gasteiger partial charge in [-0.1, -0.05) is 39.3 Å². The first kappa shape index (κ1) is 20.8. The van der Waals surface area contributed by atoms with Gasteiger partial charge in [0.2, 0.25) is 0 Å². The molecule has 0 saturated carbocycles. The van der Waals surface area contributed by atoms with E-state index in [0.717, 1.165) is 12.8 Å². The van der Waals surface area contributed by atoms with Crippen molar-refractivity contribution >= 4 is 17.6 Å². The molecule has 0 radical (unpaired) electrons. The number of esters is 1. The number of hydrogen-bond acceptors (Lipinski definition) is 4. The minimum atomic E-state index is -0.620. The van der Waals surface area contributed by atoms with Crippen LogP contribution in [0.4, 0.5) is 0 Å². The molecule has 0 aliphatic rings. The van der Waals surface area contributed by atoms with Crippen LogP contribution in [0.5, 0.6) is 5.75 Å². The molecule has 0 fully saturated rings. The van der Waals surface area contributed by atoms with Crippen molar-refractivity contribution < 1.29 is 14.3 Å². The number of carbonyl (C=O) groups is 1. The third-order valence-corrected chi connectivity index (χ3v) is 4.61. The van der Waals surface area contributed by atoms with Gasteiger partial charge in [-0.3, -0.25) is 4.79 Å². The minimum Gasteiger partial charge on any atom is -0.486 e. The van der Waals surface area contributed by atoms with Gasteiger partial charge in [-0.25, -0.2) is 0 Å². The highest BCUT2D eigenvalue weighted by atomic mass is 35.5. The molecule has 1 aromatic rings. The first-order valence-corrected chi connectivity index (χ1v) is 9.06. The van der Waals surface area contributed by atoms with Crippen LogP contribution in [0.3, 0.4) is 0 Å². The van der Waals surface area contributed by atoms with Crippen molar-refractivity contribution in [2.24, 2.45) is 17.6 Å². The Morgan fingerprint density at radius 2 is 1.67 bits per heavy atom. The van der Waals surface area contributed by atoms with Crippen LogP contribution in [-0.4, -0.2) is 24.2 Å². The Morgan fingerprint density at radius 1 is 1.12 bits per heavy atom. The molecule has 136 valence electrons. The normalized spacial score (nSPS) is 15.2. The molecule has 5 heteroatoms. The maximum atomic E-state index is 12.2. The highest BCUT2D eigenvalue weighted by Crippen LogP contribution is 2.25. The summed E-state index contributed by atoms with van der Waals surface area (Å²) in [4.78, 5) is 12.2. The van der Waals surface area contributed by atoms with Crippen molar-refractivity contribution in [3.8, 4) is 5.75 Å². The number of rotatable bonds is 9. The number of benzene rings is 1. The Balaban J connectivity index is 2.88. The first-order valence-electron chi connectivity index (χ1n) is 8.68. The van der Waals surface area contributed by atoms with E-state index in [-0.39, 0.29) is 30.0 Å². The van der Waals surface area contributed by atoms with Crippen molar-refractivity contribution in [1.29, 1.82) is 0 Å². The molecule has 3 atom stereocenters. The molecule has 0 aliphatic heterocycles. The highest BCUT2D eigenvalue weighted by Gasteiger charge is 2.31. The summed E-state index contributed by atoms with van der Waals surface area (Å²) < 4.78 is 11.7. The molecule has 0 spiro atoms. The second kappa shape index (κ2) is 9.90. The van der Waals surface area contributed by atoms with Crippen molar-refractivity contribution in [1.82, 2.24) is 0 Å². The number of hydrogen-bond donors (Lipinski definition) is 1. The monoisotopic (exact) mass is 355 g/mol. The van der Waals surface area contributed by atoms with Crippen molar-refractivity contribution in [2.75, 3.05) is 0 Å². The zero-order valence-corrected chi connectivity index (χ0v) is 16.0. The van der Waals surface area contributed by atoms with Gasteiger partial charge in [0, 0.05) is 5.02 Å². The third-order valence-electron chi connectivity index (χ3n) is 4.35. The zero-order valence-electron chi connectivity index (χ0n) is 15.3. The van der Waals surface area contributed by atoms with Gasteiger partial charge in [-0.2, -0.15) is 0 Å². The lowest BCUT2D eigenvalue weighted by atomic mass is 9.93. The maximum absolute atomic E-state index is 12.2. The Bertz CT molecular complexity index is 500. The van der Waals surface area contributed by atoms with E-state index in [1.165, 1.54) is 0 Å². The molecular weight excluding hydrogens is 326 g/mol. The maximum Gasteiger partial charge on any atom is 0.323 e. The van der Waals surface area contributed by atoms with Crippen LogP contribution in [0.2, 0.25) is 5.02 Å². The van der Waals surface area contributed by atoms with E-state index >= 15 is 0 Å². The number of carbonyl (C=O) groups excluding carboxylic acids is 1. The standard InChI is InChI=1S/C19H30ClNO3/c1-6-14(7-2)18(24-16-10-8-15(20)9-11-16)13(5)23-19(22)17(21)12(3)4/h8-14,17-18H,6-7,21H2,1-5H3/t13-,17-,18-/m0/s1. The van der Waals surface area contributed by atoms with E-state index < -0.39 is 6.04 Å². The van der Waals surface area contributed by atoms with Gasteiger partial charge in [0.25, 0.3) is 0 Å². The summed E-state index contributed by atoms with van der Waals surface area (Å²) in [6, 6.07) is 6.60. The molecule has 0 saturated heterocycles. The van der Waals surface area contributed by atoms with E-state index in [4.69, 9.17) is 26.8 Å². The summed E-state index contributed by atoms with van der Waals surface area (Å²) in [5, 5.41) is 0.656. The molecule has 0 bridgehead atoms. The summed E-state index contributed by atoms with van der Waals surface area (Å²) in [5.41, 5.74) is 5.89. The fourth-order valence-electron chi connectivity index (χ4n) is 2.60. The van der Waals surface area contributed by atoms with E-state index in [9.17, 15) is 4.79 Å². The largest absolute Gasteiger partial charge is 0.486 e. The zero-order chi connectivity index (χ0) is 18.3. The molecule has 1 rings (SSSR count). The van der Waals surface area contributed by atoms with Crippen LogP contribution in [0.15, 0.2) is 24.3 Å². The van der Waals surface area contributed by atoms with Crippen LogP contribution in [0.1, 0.15) is 47.5 Å². The Kier molecular flexibility index (Phi) is 8.57. The Morgan fingerprint density at radius 3 is 2.12 bits per heavy atom. The van der Waals surface area contributed by atoms with Gasteiger partial charge in [0.1, 0.15) is 24.0 Å². The smallest absolute Gasteiger partial charge is 0.323 e. The average molecular weight is 356 g/mol. The van der Waals surface area contributed by atoms with Crippen LogP contribution < -0.4 is 10.5 Å². The topological polar surface area (TPSA) is 61.5 Å². The van der Waals surface area contributed by atoms with Crippen LogP contribution in [0.25, 0.3) is 0 Å². The lowest BCUT2D eigenvalue weighted by Gasteiger charge is -2.32. The molecule has 0 unspecified atom stereocenters. The van der Waals surface area contributed by atoms with Crippen LogP contribution in [-0.2, 0) is 9.53 Å². The lowest BCUT2D eigenvalue weighted by molar-refractivity contribution is -0.157. The summed E-state index contributed by atoms with van der Waals surface area (Å²) in [6.07, 6.45) is 1.26. The number of nitrogens with two attached hydrogens (primary N) is 1. The highest BCUT2D eigenvalue weighted by molar-refractivity contribution is 6.30. The van der Waals surface area contributed by atoms with E-state index in [0.29, 0.717) is 10.8 Å². The van der Waals surface area contributed by atoms with Gasteiger partial charge in [-0.05, 0) is 55.9 Å². The van der Waals surface area contributed by atoms with E-state index in [1.54, 1.807) is 12.1 Å². The summed E-state index contributed by atoms with van der Waals surface area (Å²) in [5.74, 6) is 0.646. The van der Waals surface area contributed by atoms with Crippen molar-refractivity contribution in [3.63, 3.8) is 0 Å². The predicted octanol–water partition coefficient (Wildman–Crippen LogP) is 4.44. The molecule has 0 aliphatic carbocycles. The molecule has 0 amide bonds. The summed E-state index contributed by atoms with van der Waals surface area (Å²) >= 11 is 5.92. The fourth-order valence-corrected chi connectivity index (χ4v) is 2.73. The van der Waals surface area contributed by atoms with Gasteiger partial charge < -0.3 is 15.2 Å². The van der Waals surface area contributed by atoms with Gasteiger partial charge >= 0.3 is 5.97 Å². The molecule has 0 heterocycles. The van der Waals surface area contributed by atoms with Crippen molar-refractivity contribution in [2.45, 2.75) is 65.7 Å². The fraction of sp³-hybridized carbons (Fsp3) is 0.632. The molecule has 0 aromatic heterocycles. The molecule has 4 nitrogen and oxygen atoms in total. The van der Waals surface area contributed by atoms with Gasteiger partial charge in [0.05, 0.1) is 0 Å². The van der Waals surface area contributed by atoms with Crippen LogP contribution in [0, 0.1) is 11.8 Å². The van der Waals surface area contributed by atoms with Crippen LogP contribution >= 0.6 is 11.6 Å². The quantitative estimate of drug-likeness (QED) is 0.665. The molecule has 24 heavy (non-hydrogen) atoms. The molecule has 2 N–H and O–H groups in total. The Labute approximate surface area is 150 Å². The number of halogens is 1. The van der Waals surface area contributed by atoms with E-state index in [1.807, 2.05) is 32.9 Å². The third kappa shape index (κ3) is 5.99. The first-order chi connectivity index (χ1) is 11.3. The summed E-state index contributed by atoms with van der Waals surface area (Å²) in [6.45, 7) is 9.89. The second-order valence-electron chi connectivity index (χ2n) is 6.52. The predicted molar refractivity (Wildman–Crippen MR) is 98.3 cm³/mol. The van der Waals surface area contributed by atoms with Crippen molar-refractivity contribution in [3.05, 3.63) is 29.3 Å². The Hall–Kier alpha value is -1.26. The summed E-state index contributed by atoms with van der Waals surface area (Å²) in [7, 11) is 0. The van der Waals surface area contributed by atoms with Gasteiger partial charge in [0.15, 0.2) is 0 Å². The second-order valence-corrected chi connectivity index (χ2v) is 6.96. The SMILES string of the molecule is CCC(CC)[C@@H](Oc1ccc(Cl)cc1)[C@H](C)OC(=O)[C@@H](N)C(C)C. The molecule has 1 aromatic carbocycles. The van der Waals surface area contributed by atoms with Gasteiger partial charge in [-0.15, -0.1) is 0 Å². The number of ether oxygens (including phenoxy) is 2. The lowest BCUT2D eigenvalue weighted by Crippen LogP contribution is -2.44.